The normalized spacial score (nSPS) is 11.2. The zero-order valence-electron chi connectivity index (χ0n) is 11.9. The van der Waals surface area contributed by atoms with Crippen molar-refractivity contribution in [1.82, 2.24) is 10.4 Å². The number of fused-ring (bicyclic) bond motifs is 1. The van der Waals surface area contributed by atoms with E-state index >= 15 is 0 Å². The molecule has 2 aromatic carbocycles. The summed E-state index contributed by atoms with van der Waals surface area (Å²) in [6, 6.07) is 15.6. The Morgan fingerprint density at radius 2 is 2.04 bits per heavy atom. The van der Waals surface area contributed by atoms with Crippen LogP contribution < -0.4 is 5.43 Å². The molecule has 1 aromatic heterocycles. The van der Waals surface area contributed by atoms with E-state index in [1.165, 1.54) is 11.8 Å². The number of aromatic nitrogens is 1. The summed E-state index contributed by atoms with van der Waals surface area (Å²) >= 11 is 6.38. The van der Waals surface area contributed by atoms with E-state index in [1.54, 1.807) is 17.6 Å². The molecule has 0 saturated carbocycles. The third-order valence-corrected chi connectivity index (χ3v) is 5.58. The van der Waals surface area contributed by atoms with Crippen molar-refractivity contribution < 1.29 is 4.79 Å². The number of halogens is 1. The second-order valence-electron chi connectivity index (χ2n) is 4.58. The second-order valence-corrected chi connectivity index (χ2v) is 7.75. The number of hydrogen-bond donors (Lipinski definition) is 1. The first-order chi connectivity index (χ1) is 11.2. The van der Waals surface area contributed by atoms with Crippen LogP contribution in [0, 0.1) is 0 Å². The fraction of sp³-hybridized carbons (Fsp3) is 0.0625. The third-order valence-electron chi connectivity index (χ3n) is 2.87. The Kier molecular flexibility index (Phi) is 5.43. The largest absolute Gasteiger partial charge is 0.272 e. The van der Waals surface area contributed by atoms with Gasteiger partial charge in [0.05, 0.1) is 22.2 Å². The zero-order valence-corrected chi connectivity index (χ0v) is 15.1. The Bertz CT molecular complexity index is 813. The Balaban J connectivity index is 1.50. The molecule has 7 heteroatoms. The molecule has 1 N–H and O–H groups in total. The molecule has 3 rings (SSSR count). The van der Waals surface area contributed by atoms with Crippen molar-refractivity contribution in [3.8, 4) is 0 Å². The van der Waals surface area contributed by atoms with Crippen molar-refractivity contribution in [1.29, 1.82) is 0 Å². The molecule has 0 aliphatic heterocycles. The van der Waals surface area contributed by atoms with Gasteiger partial charge in [0.15, 0.2) is 4.34 Å². The molecular weight excluding hydrogens is 394 g/mol. The fourth-order valence-corrected chi connectivity index (χ4v) is 3.93. The summed E-state index contributed by atoms with van der Waals surface area (Å²) in [5.74, 6) is 0.139. The van der Waals surface area contributed by atoms with Crippen LogP contribution in [0.15, 0.2) is 62.4 Å². The highest BCUT2D eigenvalue weighted by atomic mass is 79.9. The van der Waals surface area contributed by atoms with Gasteiger partial charge in [-0.25, -0.2) is 10.4 Å². The van der Waals surface area contributed by atoms with Crippen molar-refractivity contribution in [3.63, 3.8) is 0 Å². The minimum atomic E-state index is -0.150. The number of hydrazone groups is 1. The summed E-state index contributed by atoms with van der Waals surface area (Å²) in [7, 11) is 0. The van der Waals surface area contributed by atoms with E-state index in [0.717, 1.165) is 24.6 Å². The average Bonchev–Trinajstić information content (AvgIpc) is 2.98. The van der Waals surface area contributed by atoms with Crippen LogP contribution in [0.4, 0.5) is 0 Å². The lowest BCUT2D eigenvalue weighted by Crippen LogP contribution is -2.19. The molecule has 23 heavy (non-hydrogen) atoms. The van der Waals surface area contributed by atoms with E-state index in [1.807, 2.05) is 48.5 Å². The zero-order chi connectivity index (χ0) is 16.1. The van der Waals surface area contributed by atoms with E-state index in [9.17, 15) is 4.79 Å². The Hall–Kier alpha value is -1.70. The maximum absolute atomic E-state index is 11.8. The van der Waals surface area contributed by atoms with Gasteiger partial charge in [-0.2, -0.15) is 5.10 Å². The maximum Gasteiger partial charge on any atom is 0.250 e. The van der Waals surface area contributed by atoms with Gasteiger partial charge in [0.2, 0.25) is 0 Å². The lowest BCUT2D eigenvalue weighted by atomic mass is 10.2. The highest BCUT2D eigenvalue weighted by Gasteiger charge is 2.06. The van der Waals surface area contributed by atoms with Crippen molar-refractivity contribution >= 4 is 61.4 Å². The number of rotatable bonds is 5. The maximum atomic E-state index is 11.8. The molecule has 0 unspecified atom stereocenters. The molecule has 0 radical (unpaired) electrons. The summed E-state index contributed by atoms with van der Waals surface area (Å²) < 4.78 is 3.02. The third kappa shape index (κ3) is 4.63. The molecule has 0 saturated heterocycles. The average molecular weight is 406 g/mol. The van der Waals surface area contributed by atoms with Crippen LogP contribution >= 0.6 is 39.0 Å². The standard InChI is InChI=1S/C16H12BrN3OS2/c17-12-7-5-11(6-8-12)9-18-20-15(21)10-22-16-19-13-3-1-2-4-14(13)23-16/h1-9H,10H2,(H,20,21)/b18-9-. The van der Waals surface area contributed by atoms with E-state index in [2.05, 4.69) is 31.4 Å². The highest BCUT2D eigenvalue weighted by molar-refractivity contribution is 9.10. The SMILES string of the molecule is O=C(CSc1nc2ccccc2s1)N/N=C\c1ccc(Br)cc1. The number of nitrogens with zero attached hydrogens (tertiary/aromatic N) is 2. The summed E-state index contributed by atoms with van der Waals surface area (Å²) in [6.07, 6.45) is 1.62. The molecule has 0 atom stereocenters. The Labute approximate surface area is 150 Å². The highest BCUT2D eigenvalue weighted by Crippen LogP contribution is 2.28. The van der Waals surface area contributed by atoms with E-state index in [4.69, 9.17) is 0 Å². The number of nitrogens with one attached hydrogen (secondary N) is 1. The van der Waals surface area contributed by atoms with Gasteiger partial charge in [0.1, 0.15) is 0 Å². The van der Waals surface area contributed by atoms with Crippen molar-refractivity contribution in [2.24, 2.45) is 5.10 Å². The fourth-order valence-electron chi connectivity index (χ4n) is 1.80. The van der Waals surface area contributed by atoms with Crippen LogP contribution in [0.3, 0.4) is 0 Å². The topological polar surface area (TPSA) is 54.4 Å². The van der Waals surface area contributed by atoms with Crippen molar-refractivity contribution in [2.75, 3.05) is 5.75 Å². The number of benzene rings is 2. The first-order valence-electron chi connectivity index (χ1n) is 6.76. The van der Waals surface area contributed by atoms with E-state index in [-0.39, 0.29) is 11.7 Å². The monoisotopic (exact) mass is 405 g/mol. The molecule has 116 valence electrons. The van der Waals surface area contributed by atoms with Gasteiger partial charge in [0, 0.05) is 4.47 Å². The summed E-state index contributed by atoms with van der Waals surface area (Å²) in [5.41, 5.74) is 4.41. The number of thioether (sulfide) groups is 1. The molecule has 0 spiro atoms. The van der Waals surface area contributed by atoms with Crippen LogP contribution in [0.2, 0.25) is 0 Å². The first-order valence-corrected chi connectivity index (χ1v) is 9.36. The minimum Gasteiger partial charge on any atom is -0.272 e. The van der Waals surface area contributed by atoms with Gasteiger partial charge in [-0.15, -0.1) is 11.3 Å². The van der Waals surface area contributed by atoms with Crippen molar-refractivity contribution in [3.05, 3.63) is 58.6 Å². The van der Waals surface area contributed by atoms with Crippen LogP contribution in [0.1, 0.15) is 5.56 Å². The molecule has 0 aliphatic carbocycles. The van der Waals surface area contributed by atoms with Crippen molar-refractivity contribution in [2.45, 2.75) is 4.34 Å². The molecule has 0 aliphatic rings. The van der Waals surface area contributed by atoms with Crippen LogP contribution in [-0.4, -0.2) is 22.9 Å². The predicted molar refractivity (Wildman–Crippen MR) is 100 cm³/mol. The number of carbonyl (C=O) groups is 1. The quantitative estimate of drug-likeness (QED) is 0.391. The first kappa shape index (κ1) is 16.2. The van der Waals surface area contributed by atoms with Gasteiger partial charge in [-0.3, -0.25) is 4.79 Å². The van der Waals surface area contributed by atoms with E-state index < -0.39 is 0 Å². The number of thiazole rings is 1. The van der Waals surface area contributed by atoms with Gasteiger partial charge >= 0.3 is 0 Å². The van der Waals surface area contributed by atoms with Crippen LogP contribution in [0.25, 0.3) is 10.2 Å². The lowest BCUT2D eigenvalue weighted by molar-refractivity contribution is -0.118. The number of amides is 1. The minimum absolute atomic E-state index is 0.150. The van der Waals surface area contributed by atoms with Gasteiger partial charge < -0.3 is 0 Å². The van der Waals surface area contributed by atoms with E-state index in [0.29, 0.717) is 0 Å². The molecule has 1 amide bonds. The van der Waals surface area contributed by atoms with Gasteiger partial charge in [0.25, 0.3) is 5.91 Å². The predicted octanol–water partition coefficient (Wildman–Crippen LogP) is 4.30. The summed E-state index contributed by atoms with van der Waals surface area (Å²) in [4.78, 5) is 16.3. The summed E-state index contributed by atoms with van der Waals surface area (Å²) in [5, 5.41) is 3.96. The number of carbonyl (C=O) groups excluding carboxylic acids is 1. The molecule has 4 nitrogen and oxygen atoms in total. The molecule has 1 heterocycles. The second kappa shape index (κ2) is 7.72. The van der Waals surface area contributed by atoms with Gasteiger partial charge in [-0.05, 0) is 29.8 Å². The summed E-state index contributed by atoms with van der Waals surface area (Å²) in [6.45, 7) is 0. The Morgan fingerprint density at radius 3 is 2.83 bits per heavy atom. The Morgan fingerprint density at radius 1 is 1.26 bits per heavy atom. The van der Waals surface area contributed by atoms with Crippen LogP contribution in [0.5, 0.6) is 0 Å². The molecule has 0 fully saturated rings. The number of hydrogen-bond acceptors (Lipinski definition) is 5. The molecule has 0 bridgehead atoms. The lowest BCUT2D eigenvalue weighted by Gasteiger charge is -1.98. The number of para-hydroxylation sites is 1. The smallest absolute Gasteiger partial charge is 0.250 e. The van der Waals surface area contributed by atoms with Gasteiger partial charge in [-0.1, -0.05) is 52.0 Å². The molecule has 3 aromatic rings. The molecular formula is C16H12BrN3OS2. The van der Waals surface area contributed by atoms with Crippen LogP contribution in [-0.2, 0) is 4.79 Å².